The molecular weight excluding hydrogens is 291 g/mol. The summed E-state index contributed by atoms with van der Waals surface area (Å²) in [6, 6.07) is 16.9. The Morgan fingerprint density at radius 3 is 2.35 bits per heavy atom. The number of aliphatic hydroxyl groups is 1. The molecule has 0 aromatic heterocycles. The lowest BCUT2D eigenvalue weighted by Gasteiger charge is -2.34. The van der Waals surface area contributed by atoms with Crippen molar-refractivity contribution in [2.75, 3.05) is 24.5 Å². The minimum atomic E-state index is -0.595. The molecule has 2 aromatic carbocycles. The first kappa shape index (κ1) is 16.0. The van der Waals surface area contributed by atoms with Crippen LogP contribution in [0.25, 0.3) is 0 Å². The number of piperidine rings is 1. The highest BCUT2D eigenvalue weighted by atomic mass is 19.1. The van der Waals surface area contributed by atoms with Crippen molar-refractivity contribution in [1.29, 1.82) is 0 Å². The van der Waals surface area contributed by atoms with Crippen molar-refractivity contribution in [3.05, 3.63) is 66.0 Å². The Labute approximate surface area is 136 Å². The van der Waals surface area contributed by atoms with E-state index in [2.05, 4.69) is 34.5 Å². The molecule has 0 aliphatic carbocycles. The van der Waals surface area contributed by atoms with Crippen LogP contribution in [0.3, 0.4) is 0 Å². The zero-order valence-corrected chi connectivity index (χ0v) is 13.2. The van der Waals surface area contributed by atoms with Crippen LogP contribution in [-0.2, 0) is 0 Å². The third-order valence-electron chi connectivity index (χ3n) is 4.47. The van der Waals surface area contributed by atoms with Gasteiger partial charge in [0, 0.05) is 31.4 Å². The zero-order valence-electron chi connectivity index (χ0n) is 13.2. The van der Waals surface area contributed by atoms with Gasteiger partial charge in [0.15, 0.2) is 0 Å². The number of anilines is 1. The first-order chi connectivity index (χ1) is 11.2. The number of para-hydroxylation sites is 1. The van der Waals surface area contributed by atoms with Crippen LogP contribution in [0.4, 0.5) is 10.1 Å². The first-order valence-electron chi connectivity index (χ1n) is 8.19. The van der Waals surface area contributed by atoms with Gasteiger partial charge in [-0.3, -0.25) is 0 Å². The highest BCUT2D eigenvalue weighted by Crippen LogP contribution is 2.20. The molecular formula is C19H23FN2O. The molecule has 23 heavy (non-hydrogen) atoms. The van der Waals surface area contributed by atoms with E-state index in [0.717, 1.165) is 31.5 Å². The Bertz CT molecular complexity index is 595. The maximum absolute atomic E-state index is 12.9. The van der Waals surface area contributed by atoms with E-state index in [1.165, 1.54) is 17.8 Å². The summed E-state index contributed by atoms with van der Waals surface area (Å²) in [5, 5.41) is 13.6. The number of nitrogens with zero attached hydrogens (tertiary/aromatic N) is 1. The minimum Gasteiger partial charge on any atom is -0.387 e. The molecule has 0 radical (unpaired) electrons. The van der Waals surface area contributed by atoms with Crippen LogP contribution in [0.2, 0.25) is 0 Å². The van der Waals surface area contributed by atoms with Crippen molar-refractivity contribution < 1.29 is 9.50 Å². The summed E-state index contributed by atoms with van der Waals surface area (Å²) in [5.41, 5.74) is 2.03. The first-order valence-corrected chi connectivity index (χ1v) is 8.19. The number of hydrogen-bond donors (Lipinski definition) is 2. The fraction of sp³-hybridized carbons (Fsp3) is 0.368. The fourth-order valence-corrected chi connectivity index (χ4v) is 3.06. The van der Waals surface area contributed by atoms with Crippen LogP contribution in [0, 0.1) is 5.82 Å². The highest BCUT2D eigenvalue weighted by Gasteiger charge is 2.20. The third-order valence-corrected chi connectivity index (χ3v) is 4.47. The van der Waals surface area contributed by atoms with Gasteiger partial charge < -0.3 is 15.3 Å². The molecule has 1 saturated heterocycles. The summed E-state index contributed by atoms with van der Waals surface area (Å²) in [6.07, 6.45) is 1.53. The molecule has 1 atom stereocenters. The Hall–Kier alpha value is -1.91. The molecule has 1 aliphatic heterocycles. The van der Waals surface area contributed by atoms with Crippen molar-refractivity contribution in [3.63, 3.8) is 0 Å². The summed E-state index contributed by atoms with van der Waals surface area (Å²) in [4.78, 5) is 2.40. The molecule has 3 rings (SSSR count). The normalized spacial score (nSPS) is 17.2. The molecule has 0 amide bonds. The number of hydrogen-bond acceptors (Lipinski definition) is 3. The molecule has 122 valence electrons. The second kappa shape index (κ2) is 7.57. The Balaban J connectivity index is 1.45. The van der Waals surface area contributed by atoms with E-state index in [1.54, 1.807) is 12.1 Å². The zero-order chi connectivity index (χ0) is 16.1. The molecule has 0 bridgehead atoms. The number of rotatable bonds is 5. The van der Waals surface area contributed by atoms with E-state index < -0.39 is 6.10 Å². The molecule has 1 heterocycles. The Morgan fingerprint density at radius 1 is 1.04 bits per heavy atom. The molecule has 3 nitrogen and oxygen atoms in total. The maximum Gasteiger partial charge on any atom is 0.123 e. The van der Waals surface area contributed by atoms with E-state index in [4.69, 9.17) is 0 Å². The molecule has 2 N–H and O–H groups in total. The van der Waals surface area contributed by atoms with Crippen molar-refractivity contribution >= 4 is 5.69 Å². The van der Waals surface area contributed by atoms with Crippen LogP contribution in [-0.4, -0.2) is 30.8 Å². The van der Waals surface area contributed by atoms with E-state index in [9.17, 15) is 9.50 Å². The summed E-state index contributed by atoms with van der Waals surface area (Å²) in [6.45, 7) is 2.55. The summed E-state index contributed by atoms with van der Waals surface area (Å²) < 4.78 is 12.9. The molecule has 1 aliphatic rings. The topological polar surface area (TPSA) is 35.5 Å². The van der Waals surface area contributed by atoms with E-state index in [-0.39, 0.29) is 5.82 Å². The maximum atomic E-state index is 12.9. The van der Waals surface area contributed by atoms with Gasteiger partial charge >= 0.3 is 0 Å². The molecule has 1 unspecified atom stereocenters. The Kier molecular flexibility index (Phi) is 5.26. The average Bonchev–Trinajstić information content (AvgIpc) is 2.61. The SMILES string of the molecule is OC(CNC1CCN(c2ccccc2)CC1)c1ccc(F)cc1. The van der Waals surface area contributed by atoms with Gasteiger partial charge in [0.2, 0.25) is 0 Å². The van der Waals surface area contributed by atoms with Gasteiger partial charge in [0.1, 0.15) is 5.82 Å². The van der Waals surface area contributed by atoms with Crippen molar-refractivity contribution in [3.8, 4) is 0 Å². The monoisotopic (exact) mass is 314 g/mol. The lowest BCUT2D eigenvalue weighted by atomic mass is 10.0. The number of nitrogens with one attached hydrogen (secondary N) is 1. The van der Waals surface area contributed by atoms with E-state index >= 15 is 0 Å². The highest BCUT2D eigenvalue weighted by molar-refractivity contribution is 5.46. The lowest BCUT2D eigenvalue weighted by molar-refractivity contribution is 0.167. The van der Waals surface area contributed by atoms with Crippen LogP contribution >= 0.6 is 0 Å². The summed E-state index contributed by atoms with van der Waals surface area (Å²) in [5.74, 6) is -0.276. The molecule has 0 spiro atoms. The number of benzene rings is 2. The predicted octanol–water partition coefficient (Wildman–Crippen LogP) is 3.12. The minimum absolute atomic E-state index is 0.276. The van der Waals surface area contributed by atoms with Gasteiger partial charge in [-0.1, -0.05) is 30.3 Å². The van der Waals surface area contributed by atoms with Gasteiger partial charge in [-0.05, 0) is 42.7 Å². The van der Waals surface area contributed by atoms with E-state index in [0.29, 0.717) is 12.6 Å². The lowest BCUT2D eigenvalue weighted by Crippen LogP contribution is -2.43. The quantitative estimate of drug-likeness (QED) is 0.890. The van der Waals surface area contributed by atoms with Crippen LogP contribution in [0.1, 0.15) is 24.5 Å². The van der Waals surface area contributed by atoms with Crippen LogP contribution in [0.5, 0.6) is 0 Å². The van der Waals surface area contributed by atoms with Crippen molar-refractivity contribution in [2.45, 2.75) is 25.0 Å². The standard InChI is InChI=1S/C19H23FN2O/c20-16-8-6-15(7-9-16)19(23)14-21-17-10-12-22(13-11-17)18-4-2-1-3-5-18/h1-9,17,19,21,23H,10-14H2. The van der Waals surface area contributed by atoms with Gasteiger partial charge in [-0.2, -0.15) is 0 Å². The van der Waals surface area contributed by atoms with Gasteiger partial charge in [-0.15, -0.1) is 0 Å². The number of aliphatic hydroxyl groups excluding tert-OH is 1. The third kappa shape index (κ3) is 4.30. The summed E-state index contributed by atoms with van der Waals surface area (Å²) in [7, 11) is 0. The smallest absolute Gasteiger partial charge is 0.123 e. The van der Waals surface area contributed by atoms with Crippen LogP contribution in [0.15, 0.2) is 54.6 Å². The van der Waals surface area contributed by atoms with Gasteiger partial charge in [0.05, 0.1) is 6.10 Å². The largest absolute Gasteiger partial charge is 0.387 e. The van der Waals surface area contributed by atoms with Crippen molar-refractivity contribution in [1.82, 2.24) is 5.32 Å². The molecule has 2 aromatic rings. The van der Waals surface area contributed by atoms with Crippen LogP contribution < -0.4 is 10.2 Å². The Morgan fingerprint density at radius 2 is 1.70 bits per heavy atom. The molecule has 1 fully saturated rings. The van der Waals surface area contributed by atoms with Gasteiger partial charge in [-0.25, -0.2) is 4.39 Å². The van der Waals surface area contributed by atoms with Gasteiger partial charge in [0.25, 0.3) is 0 Å². The predicted molar refractivity (Wildman–Crippen MR) is 91.0 cm³/mol. The molecule has 4 heteroatoms. The molecule has 0 saturated carbocycles. The average molecular weight is 314 g/mol. The number of halogens is 1. The van der Waals surface area contributed by atoms with Crippen molar-refractivity contribution in [2.24, 2.45) is 0 Å². The summed E-state index contributed by atoms with van der Waals surface area (Å²) >= 11 is 0. The second-order valence-corrected chi connectivity index (χ2v) is 6.07. The second-order valence-electron chi connectivity index (χ2n) is 6.07. The fourth-order valence-electron chi connectivity index (χ4n) is 3.06. The van der Waals surface area contributed by atoms with E-state index in [1.807, 2.05) is 6.07 Å².